The first kappa shape index (κ1) is 18.9. The van der Waals surface area contributed by atoms with Crippen LogP contribution in [0.25, 0.3) is 0 Å². The van der Waals surface area contributed by atoms with E-state index in [1.807, 2.05) is 13.8 Å². The number of hydrazone groups is 1. The minimum absolute atomic E-state index is 0.0592. The van der Waals surface area contributed by atoms with Crippen LogP contribution in [0.2, 0.25) is 0 Å². The van der Waals surface area contributed by atoms with Gasteiger partial charge in [0, 0.05) is 5.56 Å². The summed E-state index contributed by atoms with van der Waals surface area (Å²) in [7, 11) is -2.84. The Labute approximate surface area is 147 Å². The van der Waals surface area contributed by atoms with Crippen molar-refractivity contribution >= 4 is 27.2 Å². The molecule has 1 aliphatic carbocycles. The fourth-order valence-corrected chi connectivity index (χ4v) is 2.97. The van der Waals surface area contributed by atoms with Crippen molar-refractivity contribution in [2.75, 3.05) is 12.5 Å². The van der Waals surface area contributed by atoms with E-state index in [9.17, 15) is 13.5 Å². The van der Waals surface area contributed by atoms with Crippen molar-refractivity contribution in [2.45, 2.75) is 31.1 Å². The van der Waals surface area contributed by atoms with Gasteiger partial charge in [0.05, 0.1) is 23.4 Å². The molecule has 3 N–H and O–H groups in total. The highest BCUT2D eigenvalue weighted by atomic mass is 32.2. The maximum atomic E-state index is 12.1. The standard InChI is InChI=1S/C17H21N3O4S/c1-4-11(2)13-9-12(25(22,23)24-3)10-16(17(13)21)20-19-15-8-6-5-7-14(15)18/h5-11,18,20-21H,4H2,1-3H3/b18-14?,19-15-. The second kappa shape index (κ2) is 7.62. The molecule has 7 nitrogen and oxygen atoms in total. The number of hydrogen-bond donors (Lipinski definition) is 3. The van der Waals surface area contributed by atoms with Gasteiger partial charge in [-0.15, -0.1) is 0 Å². The number of phenolic OH excluding ortho intramolecular Hbond substituents is 1. The molecule has 1 aromatic carbocycles. The third kappa shape index (κ3) is 4.15. The van der Waals surface area contributed by atoms with Crippen molar-refractivity contribution < 1.29 is 17.7 Å². The summed E-state index contributed by atoms with van der Waals surface area (Å²) in [5.74, 6) is -0.133. The van der Waals surface area contributed by atoms with E-state index >= 15 is 0 Å². The lowest BCUT2D eigenvalue weighted by Crippen LogP contribution is -2.12. The number of hydrogen-bond acceptors (Lipinski definition) is 7. The molecule has 134 valence electrons. The van der Waals surface area contributed by atoms with Crippen molar-refractivity contribution in [2.24, 2.45) is 5.10 Å². The molecule has 0 saturated heterocycles. The van der Waals surface area contributed by atoms with Crippen LogP contribution in [0.4, 0.5) is 5.69 Å². The molecule has 8 heteroatoms. The molecule has 0 radical (unpaired) electrons. The van der Waals surface area contributed by atoms with Crippen LogP contribution < -0.4 is 5.43 Å². The highest BCUT2D eigenvalue weighted by Crippen LogP contribution is 2.37. The normalized spacial score (nSPS) is 17.1. The zero-order valence-electron chi connectivity index (χ0n) is 14.3. The molecule has 1 unspecified atom stereocenters. The Kier molecular flexibility index (Phi) is 5.76. The van der Waals surface area contributed by atoms with E-state index in [0.717, 1.165) is 13.5 Å². The predicted molar refractivity (Wildman–Crippen MR) is 98.1 cm³/mol. The number of benzene rings is 1. The molecule has 25 heavy (non-hydrogen) atoms. The summed E-state index contributed by atoms with van der Waals surface area (Å²) in [6.07, 6.45) is 7.38. The van der Waals surface area contributed by atoms with Crippen molar-refractivity contribution in [3.05, 3.63) is 42.0 Å². The minimum atomic E-state index is -3.92. The van der Waals surface area contributed by atoms with Crippen LogP contribution in [0.1, 0.15) is 31.7 Å². The van der Waals surface area contributed by atoms with Crippen LogP contribution in [-0.2, 0) is 14.3 Å². The summed E-state index contributed by atoms with van der Waals surface area (Å²) < 4.78 is 28.7. The van der Waals surface area contributed by atoms with Crippen LogP contribution in [0.15, 0.2) is 46.4 Å². The van der Waals surface area contributed by atoms with Gasteiger partial charge in [-0.25, -0.2) is 0 Å². The zero-order chi connectivity index (χ0) is 18.6. The van der Waals surface area contributed by atoms with E-state index < -0.39 is 10.1 Å². The van der Waals surface area contributed by atoms with Gasteiger partial charge < -0.3 is 5.11 Å². The Bertz CT molecular complexity index is 870. The van der Waals surface area contributed by atoms with Crippen molar-refractivity contribution in [1.29, 1.82) is 5.41 Å². The van der Waals surface area contributed by atoms with Gasteiger partial charge in [-0.2, -0.15) is 13.5 Å². The van der Waals surface area contributed by atoms with Crippen LogP contribution in [-0.4, -0.2) is 32.1 Å². The van der Waals surface area contributed by atoms with E-state index in [2.05, 4.69) is 14.7 Å². The van der Waals surface area contributed by atoms with Gasteiger partial charge in [-0.1, -0.05) is 26.0 Å². The average Bonchev–Trinajstić information content (AvgIpc) is 2.61. The van der Waals surface area contributed by atoms with Gasteiger partial charge in [-0.3, -0.25) is 15.0 Å². The predicted octanol–water partition coefficient (Wildman–Crippen LogP) is 3.15. The fraction of sp³-hybridized carbons (Fsp3) is 0.294. The van der Waals surface area contributed by atoms with Crippen molar-refractivity contribution in [3.63, 3.8) is 0 Å². The molecular weight excluding hydrogens is 342 g/mol. The molecule has 2 rings (SSSR count). The molecule has 0 saturated carbocycles. The third-order valence-corrected chi connectivity index (χ3v) is 5.22. The second-order valence-corrected chi connectivity index (χ2v) is 7.29. The lowest BCUT2D eigenvalue weighted by atomic mass is 9.97. The van der Waals surface area contributed by atoms with Gasteiger partial charge in [0.15, 0.2) is 0 Å². The molecule has 0 aromatic heterocycles. The molecule has 0 amide bonds. The van der Waals surface area contributed by atoms with Crippen LogP contribution in [0.5, 0.6) is 5.75 Å². The Morgan fingerprint density at radius 3 is 2.60 bits per heavy atom. The molecule has 0 aliphatic heterocycles. The molecule has 0 spiro atoms. The van der Waals surface area contributed by atoms with Gasteiger partial charge in [0.25, 0.3) is 10.1 Å². The molecule has 0 bridgehead atoms. The highest BCUT2D eigenvalue weighted by Gasteiger charge is 2.21. The van der Waals surface area contributed by atoms with Crippen LogP contribution in [0, 0.1) is 5.41 Å². The van der Waals surface area contributed by atoms with E-state index in [0.29, 0.717) is 11.3 Å². The maximum Gasteiger partial charge on any atom is 0.296 e. The Hall–Kier alpha value is -2.45. The van der Waals surface area contributed by atoms with Crippen LogP contribution >= 0.6 is 0 Å². The van der Waals surface area contributed by atoms with Crippen molar-refractivity contribution in [1.82, 2.24) is 0 Å². The summed E-state index contributed by atoms with van der Waals surface area (Å²) >= 11 is 0. The third-order valence-electron chi connectivity index (χ3n) is 3.97. The summed E-state index contributed by atoms with van der Waals surface area (Å²) in [5, 5.41) is 22.4. The van der Waals surface area contributed by atoms with E-state index in [1.165, 1.54) is 12.1 Å². The number of nitrogens with one attached hydrogen (secondary N) is 2. The summed E-state index contributed by atoms with van der Waals surface area (Å²) in [6.45, 7) is 3.83. The Morgan fingerprint density at radius 2 is 2.00 bits per heavy atom. The number of rotatable bonds is 6. The first-order chi connectivity index (χ1) is 11.8. The number of allylic oxidation sites excluding steroid dienone is 4. The lowest BCUT2D eigenvalue weighted by molar-refractivity contribution is 0.397. The summed E-state index contributed by atoms with van der Waals surface area (Å²) in [5.41, 5.74) is 3.85. The van der Waals surface area contributed by atoms with E-state index in [-0.39, 0.29) is 28.0 Å². The molecule has 1 aromatic rings. The quantitative estimate of drug-likeness (QED) is 0.311. The maximum absolute atomic E-state index is 12.1. The Balaban J connectivity index is 2.51. The Morgan fingerprint density at radius 1 is 1.32 bits per heavy atom. The average molecular weight is 363 g/mol. The molecule has 1 atom stereocenters. The van der Waals surface area contributed by atoms with Crippen molar-refractivity contribution in [3.8, 4) is 5.75 Å². The highest BCUT2D eigenvalue weighted by molar-refractivity contribution is 7.86. The second-order valence-electron chi connectivity index (χ2n) is 5.58. The van der Waals surface area contributed by atoms with Gasteiger partial charge in [0.1, 0.15) is 11.5 Å². The van der Waals surface area contributed by atoms with Gasteiger partial charge >= 0.3 is 0 Å². The number of phenols is 1. The zero-order valence-corrected chi connectivity index (χ0v) is 15.1. The van der Waals surface area contributed by atoms with E-state index in [1.54, 1.807) is 24.3 Å². The number of nitrogens with zero attached hydrogens (tertiary/aromatic N) is 1. The summed E-state index contributed by atoms with van der Waals surface area (Å²) in [6, 6.07) is 2.67. The van der Waals surface area contributed by atoms with E-state index in [4.69, 9.17) is 5.41 Å². The fourth-order valence-electron chi connectivity index (χ4n) is 2.24. The van der Waals surface area contributed by atoms with Gasteiger partial charge in [-0.05, 0) is 36.6 Å². The molecule has 0 fully saturated rings. The SMILES string of the molecule is CCC(C)c1cc(S(=O)(=O)OC)cc(N/N=C2/C=CC=CC2=N)c1O. The lowest BCUT2D eigenvalue weighted by Gasteiger charge is -2.16. The largest absolute Gasteiger partial charge is 0.505 e. The monoisotopic (exact) mass is 363 g/mol. The topological polar surface area (TPSA) is 112 Å². The minimum Gasteiger partial charge on any atom is -0.505 e. The number of anilines is 1. The molecule has 1 aliphatic rings. The molecular formula is C17H21N3O4S. The first-order valence-corrected chi connectivity index (χ1v) is 9.15. The number of aromatic hydroxyl groups is 1. The van der Waals surface area contributed by atoms with Crippen LogP contribution in [0.3, 0.4) is 0 Å². The molecule has 0 heterocycles. The summed E-state index contributed by atoms with van der Waals surface area (Å²) in [4.78, 5) is -0.0695. The smallest absolute Gasteiger partial charge is 0.296 e. The first-order valence-electron chi connectivity index (χ1n) is 7.75. The van der Waals surface area contributed by atoms with Gasteiger partial charge in [0.2, 0.25) is 0 Å².